The van der Waals surface area contributed by atoms with Gasteiger partial charge in [-0.25, -0.2) is 0 Å². The van der Waals surface area contributed by atoms with E-state index in [4.69, 9.17) is 16.1 Å². The fraction of sp³-hybridized carbons (Fsp3) is 0.412. The van der Waals surface area contributed by atoms with E-state index in [1.807, 2.05) is 0 Å². The van der Waals surface area contributed by atoms with Crippen molar-refractivity contribution in [2.24, 2.45) is 0 Å². The first-order valence-electron chi connectivity index (χ1n) is 8.60. The number of rotatable bonds is 3. The maximum Gasteiger partial charge on any atom is 0.471 e. The van der Waals surface area contributed by atoms with E-state index < -0.39 is 12.1 Å². The van der Waals surface area contributed by atoms with E-state index in [9.17, 15) is 13.2 Å². The Balaban J connectivity index is 1.64. The molecular weight excluding hydrogens is 399 g/mol. The SMILES string of the molecule is Cc1noc([C@H]2CCCCN2c2ccc(-c3noc(C(F)(F)F)n3)c(Cl)c2)n1. The fourth-order valence-electron chi connectivity index (χ4n) is 3.26. The second kappa shape index (κ2) is 7.08. The predicted octanol–water partition coefficient (Wildman–Crippen LogP) is 4.83. The number of hydrogen-bond donors (Lipinski definition) is 0. The standard InChI is InChI=1S/C17H15ClF3N5O2/c1-9-22-15(27-24-9)13-4-2-3-7-26(13)10-5-6-11(12(18)8-10)14-23-16(28-25-14)17(19,20)21/h5-6,8,13H,2-4,7H2,1H3/t13-/m1/s1. The molecule has 3 aromatic rings. The maximum absolute atomic E-state index is 12.7. The average Bonchev–Trinajstić information content (AvgIpc) is 3.31. The number of alkyl halides is 3. The largest absolute Gasteiger partial charge is 0.471 e. The molecule has 0 aliphatic carbocycles. The van der Waals surface area contributed by atoms with Crippen LogP contribution in [0, 0.1) is 6.92 Å². The van der Waals surface area contributed by atoms with Crippen LogP contribution in [0.2, 0.25) is 5.02 Å². The molecule has 0 N–H and O–H groups in total. The van der Waals surface area contributed by atoms with E-state index >= 15 is 0 Å². The molecule has 1 atom stereocenters. The number of piperidine rings is 1. The molecule has 0 radical (unpaired) electrons. The Morgan fingerprint density at radius 1 is 1.14 bits per heavy atom. The first-order valence-corrected chi connectivity index (χ1v) is 8.98. The summed E-state index contributed by atoms with van der Waals surface area (Å²) in [7, 11) is 0. The number of nitrogens with zero attached hydrogens (tertiary/aromatic N) is 5. The van der Waals surface area contributed by atoms with Crippen molar-refractivity contribution >= 4 is 17.3 Å². The highest BCUT2D eigenvalue weighted by molar-refractivity contribution is 6.33. The smallest absolute Gasteiger partial charge is 0.359 e. The molecule has 1 fully saturated rings. The van der Waals surface area contributed by atoms with Crippen molar-refractivity contribution in [1.82, 2.24) is 20.3 Å². The lowest BCUT2D eigenvalue weighted by Gasteiger charge is -2.35. The Morgan fingerprint density at radius 2 is 1.96 bits per heavy atom. The molecule has 0 amide bonds. The number of aryl methyl sites for hydroxylation is 1. The van der Waals surface area contributed by atoms with Gasteiger partial charge in [0.1, 0.15) is 6.04 Å². The van der Waals surface area contributed by atoms with Gasteiger partial charge >= 0.3 is 12.1 Å². The second-order valence-electron chi connectivity index (χ2n) is 6.47. The average molecular weight is 414 g/mol. The molecule has 2 aromatic heterocycles. The highest BCUT2D eigenvalue weighted by Gasteiger charge is 2.38. The van der Waals surface area contributed by atoms with E-state index in [-0.39, 0.29) is 22.5 Å². The topological polar surface area (TPSA) is 81.1 Å². The van der Waals surface area contributed by atoms with Crippen LogP contribution < -0.4 is 4.90 Å². The summed E-state index contributed by atoms with van der Waals surface area (Å²) < 4.78 is 47.6. The van der Waals surface area contributed by atoms with E-state index in [2.05, 4.69) is 29.7 Å². The summed E-state index contributed by atoms with van der Waals surface area (Å²) in [6.07, 6.45) is -1.85. The zero-order valence-corrected chi connectivity index (χ0v) is 15.5. The first kappa shape index (κ1) is 18.7. The zero-order chi connectivity index (χ0) is 19.9. The third kappa shape index (κ3) is 3.56. The van der Waals surface area contributed by atoms with Crippen molar-refractivity contribution in [2.75, 3.05) is 11.4 Å². The molecule has 11 heteroatoms. The summed E-state index contributed by atoms with van der Waals surface area (Å²) in [5.41, 5.74) is 1.06. The normalized spacial score (nSPS) is 17.9. The molecule has 0 bridgehead atoms. The minimum atomic E-state index is -4.71. The van der Waals surface area contributed by atoms with Gasteiger partial charge in [0.25, 0.3) is 0 Å². The van der Waals surface area contributed by atoms with Crippen LogP contribution in [-0.2, 0) is 6.18 Å². The van der Waals surface area contributed by atoms with E-state index in [1.165, 1.54) is 0 Å². The molecule has 1 aromatic carbocycles. The van der Waals surface area contributed by atoms with Crippen molar-refractivity contribution in [2.45, 2.75) is 38.4 Å². The van der Waals surface area contributed by atoms with Gasteiger partial charge in [-0.3, -0.25) is 0 Å². The molecule has 1 aliphatic rings. The minimum Gasteiger partial charge on any atom is -0.359 e. The molecule has 28 heavy (non-hydrogen) atoms. The Kier molecular flexibility index (Phi) is 4.74. The summed E-state index contributed by atoms with van der Waals surface area (Å²) in [5, 5.41) is 7.46. The third-order valence-corrected chi connectivity index (χ3v) is 4.84. The van der Waals surface area contributed by atoms with Crippen LogP contribution in [0.15, 0.2) is 27.2 Å². The maximum atomic E-state index is 12.7. The van der Waals surface area contributed by atoms with Gasteiger partial charge in [-0.1, -0.05) is 21.9 Å². The first-order chi connectivity index (χ1) is 13.3. The summed E-state index contributed by atoms with van der Waals surface area (Å²) in [6.45, 7) is 2.52. The molecule has 0 saturated carbocycles. The lowest BCUT2D eigenvalue weighted by molar-refractivity contribution is -0.159. The number of benzene rings is 1. The summed E-state index contributed by atoms with van der Waals surface area (Å²) >= 11 is 6.32. The molecule has 0 unspecified atom stereocenters. The number of aromatic nitrogens is 4. The Hall–Kier alpha value is -2.62. The van der Waals surface area contributed by atoms with Crippen LogP contribution in [0.3, 0.4) is 0 Å². The van der Waals surface area contributed by atoms with Crippen molar-refractivity contribution in [3.63, 3.8) is 0 Å². The van der Waals surface area contributed by atoms with Gasteiger partial charge in [0.15, 0.2) is 5.82 Å². The Labute approximate surface area is 162 Å². The monoisotopic (exact) mass is 413 g/mol. The Morgan fingerprint density at radius 3 is 2.61 bits per heavy atom. The van der Waals surface area contributed by atoms with Crippen molar-refractivity contribution < 1.29 is 22.2 Å². The van der Waals surface area contributed by atoms with Gasteiger partial charge in [0, 0.05) is 17.8 Å². The summed E-state index contributed by atoms with van der Waals surface area (Å²) in [4.78, 5) is 9.82. The van der Waals surface area contributed by atoms with Gasteiger partial charge < -0.3 is 13.9 Å². The minimum absolute atomic E-state index is 0.0844. The zero-order valence-electron chi connectivity index (χ0n) is 14.7. The summed E-state index contributed by atoms with van der Waals surface area (Å²) in [5.74, 6) is -0.533. The van der Waals surface area contributed by atoms with Crippen LogP contribution in [-0.4, -0.2) is 26.8 Å². The van der Waals surface area contributed by atoms with E-state index in [1.54, 1.807) is 25.1 Å². The molecule has 1 aliphatic heterocycles. The lowest BCUT2D eigenvalue weighted by Crippen LogP contribution is -2.33. The van der Waals surface area contributed by atoms with E-state index in [0.29, 0.717) is 11.7 Å². The Bertz CT molecular complexity index is 987. The van der Waals surface area contributed by atoms with Gasteiger partial charge in [0.2, 0.25) is 11.7 Å². The number of hydrogen-bond acceptors (Lipinski definition) is 7. The van der Waals surface area contributed by atoms with Gasteiger partial charge in [0.05, 0.1) is 5.02 Å². The molecule has 148 valence electrons. The van der Waals surface area contributed by atoms with E-state index in [0.717, 1.165) is 31.5 Å². The fourth-order valence-corrected chi connectivity index (χ4v) is 3.52. The van der Waals surface area contributed by atoms with Crippen molar-refractivity contribution in [1.29, 1.82) is 0 Å². The van der Waals surface area contributed by atoms with Crippen molar-refractivity contribution in [3.8, 4) is 11.4 Å². The second-order valence-corrected chi connectivity index (χ2v) is 6.88. The lowest BCUT2D eigenvalue weighted by atomic mass is 10.0. The summed E-state index contributed by atoms with van der Waals surface area (Å²) in [6, 6.07) is 4.92. The number of halogens is 4. The van der Waals surface area contributed by atoms with Crippen LogP contribution in [0.1, 0.15) is 42.9 Å². The molecule has 1 saturated heterocycles. The molecule has 7 nitrogen and oxygen atoms in total. The van der Waals surface area contributed by atoms with Gasteiger partial charge in [-0.15, -0.1) is 0 Å². The van der Waals surface area contributed by atoms with Crippen LogP contribution in [0.5, 0.6) is 0 Å². The quantitative estimate of drug-likeness (QED) is 0.608. The van der Waals surface area contributed by atoms with Crippen LogP contribution in [0.4, 0.5) is 18.9 Å². The van der Waals surface area contributed by atoms with Gasteiger partial charge in [-0.2, -0.15) is 23.1 Å². The predicted molar refractivity (Wildman–Crippen MR) is 92.7 cm³/mol. The molecular formula is C17H15ClF3N5O2. The number of anilines is 1. The molecule has 0 spiro atoms. The van der Waals surface area contributed by atoms with Crippen LogP contribution >= 0.6 is 11.6 Å². The highest BCUT2D eigenvalue weighted by atomic mass is 35.5. The highest BCUT2D eigenvalue weighted by Crippen LogP contribution is 2.38. The van der Waals surface area contributed by atoms with Crippen LogP contribution in [0.25, 0.3) is 11.4 Å². The molecule has 3 heterocycles. The molecule has 4 rings (SSSR count). The third-order valence-electron chi connectivity index (χ3n) is 4.52. The van der Waals surface area contributed by atoms with Gasteiger partial charge in [-0.05, 0) is 44.4 Å². The van der Waals surface area contributed by atoms with Crippen molar-refractivity contribution in [3.05, 3.63) is 40.8 Å².